The Morgan fingerprint density at radius 3 is 1.43 bits per heavy atom. The zero-order chi connectivity index (χ0) is 57.8. The number of hydrogen-bond donors (Lipinski definition) is 5. The number of pyridine rings is 3. The largest absolute Gasteiger partial charge is 0.487 e. The second-order valence-electron chi connectivity index (χ2n) is 17.5. The molecule has 0 aliphatic carbocycles. The van der Waals surface area contributed by atoms with Crippen LogP contribution in [0.5, 0.6) is 11.5 Å². The Labute approximate surface area is 473 Å². The Bertz CT molecular complexity index is 3350. The van der Waals surface area contributed by atoms with E-state index in [0.29, 0.717) is 40.9 Å². The zero-order valence-corrected chi connectivity index (χ0v) is 46.5. The van der Waals surface area contributed by atoms with Gasteiger partial charge in [0.15, 0.2) is 17.9 Å². The third-order valence-electron chi connectivity index (χ3n) is 11.0. The smallest absolute Gasteiger partial charge is 0.328 e. The fourth-order valence-electron chi connectivity index (χ4n) is 7.12. The summed E-state index contributed by atoms with van der Waals surface area (Å²) in [5.41, 5.74) is 14.8. The highest BCUT2D eigenvalue weighted by molar-refractivity contribution is 7.17. The Balaban J connectivity index is 0.000000204. The lowest BCUT2D eigenvalue weighted by Gasteiger charge is -2.11. The number of rotatable bonds is 14. The topological polar surface area (TPSA) is 275 Å². The minimum absolute atomic E-state index is 0.00821. The third kappa shape index (κ3) is 20.0. The second-order valence-corrected chi connectivity index (χ2v) is 20.5. The maximum atomic E-state index is 12.2. The number of nitrogens with two attached hydrogens (primary N) is 1. The minimum Gasteiger partial charge on any atom is -0.487 e. The van der Waals surface area contributed by atoms with Crippen molar-refractivity contribution in [2.24, 2.45) is 5.73 Å². The fourth-order valence-corrected chi connectivity index (χ4v) is 9.46. The molecule has 410 valence electrons. The van der Waals surface area contributed by atoms with E-state index in [2.05, 4.69) is 26.3 Å². The van der Waals surface area contributed by atoms with Crippen LogP contribution in [-0.2, 0) is 32.0 Å². The van der Waals surface area contributed by atoms with Crippen LogP contribution in [0.1, 0.15) is 89.3 Å². The number of carboxylic acid groups (broad SMARTS) is 3. The first kappa shape index (κ1) is 61.7. The summed E-state index contributed by atoms with van der Waals surface area (Å²) in [6.07, 6.45) is 12.0. The molecule has 2 aliphatic heterocycles. The number of aromatic nitrogens is 3. The molecule has 2 aromatic carbocycles. The first-order valence-electron chi connectivity index (χ1n) is 24.0. The molecule has 2 unspecified atom stereocenters. The van der Waals surface area contributed by atoms with Crippen LogP contribution in [-0.4, -0.2) is 97.2 Å². The standard InChI is InChI=1S/C24H21ClN2O3S.C15H14ClNO2S.C9H9NO2.C7H7NO.C3H4O4/c1-14-3-4-16(12-26-14)5-8-23(29)27-13-19-10-18-9-17(11-20(25)24(18)30-19)22-7-6-21(31-22)15(2)28;1-8(18)13-2-3-14(20-13)9-4-10-5-11(7-17)19-15(10)12(16)6-9;1-7-2-3-8(6-10-7)4-5-9(11)12;1-6-2-3-7(5-9)4-8-6;4-2(5)1-3(6)7/h3-9,11-12,19H,10,13H2,1-2H3,(H,27,29);2-4,6,11H,5,7,17H2,1H3;2-6H,1H3,(H,11,12);2-5H,1H3;1H2,(H,4,5)(H,6,7)/b8-5+;;5-4+;;. The number of benzene rings is 2. The number of carbonyl (C=O) groups is 7. The number of carboxylic acids is 3. The van der Waals surface area contributed by atoms with Crippen molar-refractivity contribution in [3.8, 4) is 32.4 Å². The number of aldehydes is 1. The van der Waals surface area contributed by atoms with Crippen molar-refractivity contribution >= 4 is 99.7 Å². The first-order chi connectivity index (χ1) is 37.6. The molecule has 0 spiro atoms. The number of amides is 1. The van der Waals surface area contributed by atoms with E-state index in [1.807, 2.05) is 93.6 Å². The number of nitrogens with one attached hydrogen (secondary N) is 1. The summed E-state index contributed by atoms with van der Waals surface area (Å²) in [7, 11) is 0. The summed E-state index contributed by atoms with van der Waals surface area (Å²) in [6.45, 7) is 9.67. The Kier molecular flexibility index (Phi) is 23.5. The summed E-state index contributed by atoms with van der Waals surface area (Å²) in [4.78, 5) is 89.8. The van der Waals surface area contributed by atoms with Gasteiger partial charge >= 0.3 is 17.9 Å². The van der Waals surface area contributed by atoms with Gasteiger partial charge in [-0.25, -0.2) is 4.79 Å². The summed E-state index contributed by atoms with van der Waals surface area (Å²) in [6, 6.07) is 26.5. The van der Waals surface area contributed by atoms with Crippen molar-refractivity contribution < 1.29 is 58.4 Å². The number of fused-ring (bicyclic) bond motifs is 2. The number of thiophene rings is 2. The molecule has 21 heteroatoms. The van der Waals surface area contributed by atoms with E-state index >= 15 is 0 Å². The molecule has 2 aliphatic rings. The molecular weight excluding hydrogens is 1090 g/mol. The van der Waals surface area contributed by atoms with Crippen molar-refractivity contribution in [1.29, 1.82) is 0 Å². The van der Waals surface area contributed by atoms with Gasteiger partial charge in [-0.15, -0.1) is 22.7 Å². The van der Waals surface area contributed by atoms with Gasteiger partial charge in [0, 0.05) is 93.7 Å². The number of nitrogens with zero attached hydrogens (tertiary/aromatic N) is 3. The predicted octanol–water partition coefficient (Wildman–Crippen LogP) is 10.9. The summed E-state index contributed by atoms with van der Waals surface area (Å²) < 4.78 is 11.7. The fraction of sp³-hybridized carbons (Fsp3) is 0.207. The molecule has 0 bridgehead atoms. The number of Topliss-reactive ketones (excluding diaryl/α,β-unsaturated/α-hetero) is 2. The molecule has 1 amide bonds. The van der Waals surface area contributed by atoms with Crippen molar-refractivity contribution in [1.82, 2.24) is 20.3 Å². The molecule has 5 aromatic heterocycles. The minimum atomic E-state index is -1.31. The normalized spacial score (nSPS) is 13.5. The molecular formula is C58H55Cl2N5O12S2. The number of hydrogen-bond acceptors (Lipinski definition) is 15. The average Bonchev–Trinajstić information content (AvgIpc) is 4.33. The van der Waals surface area contributed by atoms with E-state index in [1.54, 1.807) is 44.6 Å². The lowest BCUT2D eigenvalue weighted by atomic mass is 10.1. The number of ether oxygens (including phenoxy) is 2. The average molecular weight is 1150 g/mol. The van der Waals surface area contributed by atoms with Crippen LogP contribution < -0.4 is 20.5 Å². The van der Waals surface area contributed by atoms with Gasteiger partial charge in [0.25, 0.3) is 0 Å². The summed E-state index contributed by atoms with van der Waals surface area (Å²) in [5.74, 6) is -2.23. The van der Waals surface area contributed by atoms with E-state index in [4.69, 9.17) is 53.7 Å². The highest BCUT2D eigenvalue weighted by Gasteiger charge is 2.27. The van der Waals surface area contributed by atoms with E-state index in [0.717, 1.165) is 94.5 Å². The first-order valence-corrected chi connectivity index (χ1v) is 26.4. The van der Waals surface area contributed by atoms with Gasteiger partial charge < -0.3 is 35.8 Å². The number of halogens is 2. The maximum Gasteiger partial charge on any atom is 0.328 e. The van der Waals surface area contributed by atoms with Crippen LogP contribution in [0.25, 0.3) is 33.0 Å². The van der Waals surface area contributed by atoms with E-state index in [9.17, 15) is 33.6 Å². The number of aliphatic carboxylic acids is 3. The van der Waals surface area contributed by atoms with Gasteiger partial charge in [0.2, 0.25) is 5.91 Å². The third-order valence-corrected chi connectivity index (χ3v) is 14.1. The lowest BCUT2D eigenvalue weighted by molar-refractivity contribution is -0.147. The molecule has 79 heavy (non-hydrogen) atoms. The van der Waals surface area contributed by atoms with Crippen molar-refractivity contribution in [3.63, 3.8) is 0 Å². The SMILES string of the molecule is CC(=O)c1ccc(-c2cc(Cl)c3c(c2)CC(CN)O3)s1.CC(=O)c1ccc(-c2cc(Cl)c3c(c2)CC(CNC(=O)/C=C/c2ccc(C)nc2)O3)s1.Cc1ccc(/C=C/C(=O)O)cn1.Cc1ccc(C=O)cn1.O=C(O)CC(=O)O. The number of ketones is 2. The van der Waals surface area contributed by atoms with E-state index in [-0.39, 0.29) is 29.7 Å². The van der Waals surface area contributed by atoms with Crippen LogP contribution in [0.3, 0.4) is 0 Å². The van der Waals surface area contributed by atoms with Gasteiger partial charge in [-0.1, -0.05) is 35.3 Å². The number of aryl methyl sites for hydroxylation is 3. The van der Waals surface area contributed by atoms with E-state index < -0.39 is 24.3 Å². The molecule has 0 saturated carbocycles. The molecule has 0 fully saturated rings. The zero-order valence-electron chi connectivity index (χ0n) is 43.4. The second kappa shape index (κ2) is 30.1. The van der Waals surface area contributed by atoms with Gasteiger partial charge in [-0.3, -0.25) is 43.7 Å². The molecule has 2 atom stereocenters. The molecule has 0 radical (unpaired) electrons. The Morgan fingerprint density at radius 1 is 0.633 bits per heavy atom. The highest BCUT2D eigenvalue weighted by Crippen LogP contribution is 2.42. The Hall–Kier alpha value is -8.20. The van der Waals surface area contributed by atoms with Crippen molar-refractivity contribution in [3.05, 3.63) is 180 Å². The molecule has 9 rings (SSSR count). The monoisotopic (exact) mass is 1150 g/mol. The Morgan fingerprint density at radius 2 is 1.06 bits per heavy atom. The van der Waals surface area contributed by atoms with Crippen molar-refractivity contribution in [2.45, 2.75) is 66.1 Å². The molecule has 7 aromatic rings. The van der Waals surface area contributed by atoms with Crippen LogP contribution in [0.15, 0.2) is 116 Å². The van der Waals surface area contributed by atoms with Gasteiger partial charge in [-0.05, 0) is 142 Å². The highest BCUT2D eigenvalue weighted by atomic mass is 35.5. The number of carbonyl (C=O) groups excluding carboxylic acids is 4. The van der Waals surface area contributed by atoms with Crippen LogP contribution in [0.2, 0.25) is 10.0 Å². The van der Waals surface area contributed by atoms with Gasteiger partial charge in [0.05, 0.1) is 26.3 Å². The van der Waals surface area contributed by atoms with Crippen LogP contribution in [0, 0.1) is 20.8 Å². The van der Waals surface area contributed by atoms with E-state index in [1.165, 1.54) is 34.8 Å². The molecule has 0 saturated heterocycles. The lowest BCUT2D eigenvalue weighted by Crippen LogP contribution is -2.33. The van der Waals surface area contributed by atoms with Gasteiger partial charge in [0.1, 0.15) is 30.1 Å². The summed E-state index contributed by atoms with van der Waals surface area (Å²) in [5, 5.41) is 27.7. The van der Waals surface area contributed by atoms with Gasteiger partial charge in [-0.2, -0.15) is 0 Å². The maximum absolute atomic E-state index is 12.2. The van der Waals surface area contributed by atoms with Crippen LogP contribution in [0.4, 0.5) is 0 Å². The van der Waals surface area contributed by atoms with Crippen LogP contribution >= 0.6 is 45.9 Å². The van der Waals surface area contributed by atoms with Crippen molar-refractivity contribution in [2.75, 3.05) is 13.1 Å². The quantitative estimate of drug-likeness (QED) is 0.0293. The molecule has 7 heterocycles. The summed E-state index contributed by atoms with van der Waals surface area (Å²) >= 11 is 15.7. The predicted molar refractivity (Wildman–Crippen MR) is 306 cm³/mol. The molecule has 17 nitrogen and oxygen atoms in total. The molecule has 6 N–H and O–H groups in total.